The van der Waals surface area contributed by atoms with E-state index in [1.165, 1.54) is 238 Å². The van der Waals surface area contributed by atoms with Crippen LogP contribution >= 0.6 is 0 Å². The molecule has 57 heavy (non-hydrogen) atoms. The summed E-state index contributed by atoms with van der Waals surface area (Å²) in [4.78, 5) is 12.5. The molecule has 0 aromatic rings. The van der Waals surface area contributed by atoms with E-state index in [1.54, 1.807) is 6.08 Å². The number of amides is 1. The molecule has 5 nitrogen and oxygen atoms in total. The largest absolute Gasteiger partial charge is 0.394 e. The van der Waals surface area contributed by atoms with Crippen LogP contribution in [0.2, 0.25) is 0 Å². The molecule has 0 aromatic carbocycles. The van der Waals surface area contributed by atoms with Crippen molar-refractivity contribution < 1.29 is 20.1 Å². The van der Waals surface area contributed by atoms with Crippen molar-refractivity contribution in [2.75, 3.05) is 6.61 Å². The van der Waals surface area contributed by atoms with E-state index in [0.29, 0.717) is 6.42 Å². The molecule has 0 saturated carbocycles. The number of carbonyl (C=O) groups is 1. The van der Waals surface area contributed by atoms with Gasteiger partial charge in [0, 0.05) is 0 Å². The van der Waals surface area contributed by atoms with Crippen molar-refractivity contribution in [3.63, 3.8) is 0 Å². The summed E-state index contributed by atoms with van der Waals surface area (Å²) in [7, 11) is 0. The predicted octanol–water partition coefficient (Wildman–Crippen LogP) is 15.6. The van der Waals surface area contributed by atoms with Crippen LogP contribution < -0.4 is 5.32 Å². The maximum atomic E-state index is 12.5. The number of carbonyl (C=O) groups excluding carboxylic acids is 1. The molecule has 0 saturated heterocycles. The van der Waals surface area contributed by atoms with E-state index < -0.39 is 24.2 Å². The molecular weight excluding hydrogens is 703 g/mol. The minimum absolute atomic E-state index is 0.359. The van der Waals surface area contributed by atoms with Gasteiger partial charge in [0.2, 0.25) is 5.91 Å². The number of aliphatic hydroxyl groups is 3. The first-order chi connectivity index (χ1) is 28.1. The Hall–Kier alpha value is -0.910. The van der Waals surface area contributed by atoms with Crippen molar-refractivity contribution in [2.24, 2.45) is 0 Å². The van der Waals surface area contributed by atoms with Gasteiger partial charge in [0.15, 0.2) is 0 Å². The normalized spacial score (nSPS) is 13.4. The lowest BCUT2D eigenvalue weighted by Crippen LogP contribution is -2.48. The maximum Gasteiger partial charge on any atom is 0.249 e. The highest BCUT2D eigenvalue weighted by molar-refractivity contribution is 5.80. The Morgan fingerprint density at radius 2 is 0.684 bits per heavy atom. The Labute approximate surface area is 357 Å². The van der Waals surface area contributed by atoms with Crippen molar-refractivity contribution in [3.8, 4) is 0 Å². The smallest absolute Gasteiger partial charge is 0.249 e. The third-order valence-electron chi connectivity index (χ3n) is 12.4. The average Bonchev–Trinajstić information content (AvgIpc) is 3.22. The minimum Gasteiger partial charge on any atom is -0.394 e. The van der Waals surface area contributed by atoms with Gasteiger partial charge in [0.25, 0.3) is 0 Å². The van der Waals surface area contributed by atoms with Crippen molar-refractivity contribution in [3.05, 3.63) is 12.2 Å². The molecule has 1 amide bonds. The van der Waals surface area contributed by atoms with Crippen molar-refractivity contribution in [1.29, 1.82) is 0 Å². The van der Waals surface area contributed by atoms with E-state index in [-0.39, 0.29) is 6.61 Å². The lowest BCUT2D eigenvalue weighted by molar-refractivity contribution is -0.131. The van der Waals surface area contributed by atoms with E-state index in [4.69, 9.17) is 0 Å². The molecule has 0 rings (SSSR count). The Morgan fingerprint density at radius 1 is 0.421 bits per heavy atom. The molecule has 0 aromatic heterocycles. The van der Waals surface area contributed by atoms with Gasteiger partial charge in [-0.2, -0.15) is 0 Å². The minimum atomic E-state index is -1.09. The molecule has 340 valence electrons. The topological polar surface area (TPSA) is 89.8 Å². The molecule has 0 fully saturated rings. The molecular formula is C52H103NO4. The van der Waals surface area contributed by atoms with Gasteiger partial charge < -0.3 is 20.6 Å². The van der Waals surface area contributed by atoms with Gasteiger partial charge in [-0.05, 0) is 19.3 Å². The summed E-state index contributed by atoms with van der Waals surface area (Å²) in [6.45, 7) is 4.22. The Bertz CT molecular complexity index is 803. The summed E-state index contributed by atoms with van der Waals surface area (Å²) in [6.07, 6.45) is 58.4. The van der Waals surface area contributed by atoms with Gasteiger partial charge in [-0.1, -0.05) is 283 Å². The summed E-state index contributed by atoms with van der Waals surface area (Å²) < 4.78 is 0. The lowest BCUT2D eigenvalue weighted by atomic mass is 10.0. The zero-order valence-corrected chi connectivity index (χ0v) is 38.7. The number of hydrogen-bond donors (Lipinski definition) is 4. The third kappa shape index (κ3) is 43.0. The van der Waals surface area contributed by atoms with Gasteiger partial charge >= 0.3 is 0 Å². The molecule has 0 spiro atoms. The summed E-state index contributed by atoms with van der Waals surface area (Å²) in [5.41, 5.74) is 0. The summed E-state index contributed by atoms with van der Waals surface area (Å²) in [6, 6.07) is -0.793. The fourth-order valence-corrected chi connectivity index (χ4v) is 8.31. The van der Waals surface area contributed by atoms with E-state index in [0.717, 1.165) is 32.1 Å². The number of allylic oxidation sites excluding steroid dienone is 1. The lowest BCUT2D eigenvalue weighted by Gasteiger charge is -2.21. The van der Waals surface area contributed by atoms with Gasteiger partial charge in [0.1, 0.15) is 6.10 Å². The van der Waals surface area contributed by atoms with Crippen LogP contribution in [-0.4, -0.2) is 46.1 Å². The van der Waals surface area contributed by atoms with E-state index in [9.17, 15) is 20.1 Å². The number of unbranched alkanes of at least 4 members (excludes halogenated alkanes) is 40. The van der Waals surface area contributed by atoms with Gasteiger partial charge in [-0.25, -0.2) is 0 Å². The second kappa shape index (κ2) is 47.8. The second-order valence-corrected chi connectivity index (χ2v) is 18.1. The fourth-order valence-electron chi connectivity index (χ4n) is 8.31. The second-order valence-electron chi connectivity index (χ2n) is 18.1. The summed E-state index contributed by atoms with van der Waals surface area (Å²) in [5.74, 6) is -0.497. The van der Waals surface area contributed by atoms with Crippen molar-refractivity contribution in [2.45, 2.75) is 308 Å². The first-order valence-electron chi connectivity index (χ1n) is 26.0. The van der Waals surface area contributed by atoms with Gasteiger partial charge in [-0.3, -0.25) is 4.79 Å². The quantitative estimate of drug-likeness (QED) is 0.0364. The highest BCUT2D eigenvalue weighted by Gasteiger charge is 2.22. The number of nitrogens with one attached hydrogen (secondary N) is 1. The number of aliphatic hydroxyl groups excluding tert-OH is 3. The van der Waals surface area contributed by atoms with Crippen molar-refractivity contribution in [1.82, 2.24) is 5.32 Å². The van der Waals surface area contributed by atoms with Crippen LogP contribution in [0.3, 0.4) is 0 Å². The molecule has 3 unspecified atom stereocenters. The van der Waals surface area contributed by atoms with Crippen LogP contribution in [0.25, 0.3) is 0 Å². The molecule has 3 atom stereocenters. The van der Waals surface area contributed by atoms with Gasteiger partial charge in [-0.15, -0.1) is 0 Å². The molecule has 4 N–H and O–H groups in total. The SMILES string of the molecule is CCCCCCCCCCCCCCCCCCCCCCCCC/C=C/C(O)C(CO)NC(=O)C(O)CCCCCCCCCCCCCCCCCCCC. The number of rotatable bonds is 48. The Balaban J connectivity index is 3.57. The zero-order chi connectivity index (χ0) is 41.5. The average molecular weight is 806 g/mol. The first kappa shape index (κ1) is 56.1. The van der Waals surface area contributed by atoms with Crippen LogP contribution in [-0.2, 0) is 4.79 Å². The Kier molecular flexibility index (Phi) is 47.0. The fraction of sp³-hybridized carbons (Fsp3) is 0.942. The van der Waals surface area contributed by atoms with Crippen molar-refractivity contribution >= 4 is 5.91 Å². The summed E-state index contributed by atoms with van der Waals surface area (Å²) >= 11 is 0. The molecule has 0 radical (unpaired) electrons. The molecule has 0 aliphatic carbocycles. The van der Waals surface area contributed by atoms with Crippen LogP contribution in [0.4, 0.5) is 0 Å². The standard InChI is InChI=1S/C52H103NO4/c1-3-5-7-9-11-13-15-17-19-21-23-24-25-26-27-28-29-31-32-34-36-38-40-42-44-46-50(55)49(48-54)53-52(57)51(56)47-45-43-41-39-37-35-33-30-22-20-18-16-14-12-10-8-6-4-2/h44,46,49-51,54-56H,3-43,45,47-48H2,1-2H3,(H,53,57)/b46-44+. The highest BCUT2D eigenvalue weighted by Crippen LogP contribution is 2.17. The first-order valence-corrected chi connectivity index (χ1v) is 26.0. The van der Waals surface area contributed by atoms with Gasteiger partial charge in [0.05, 0.1) is 18.8 Å². The maximum absolute atomic E-state index is 12.5. The summed E-state index contributed by atoms with van der Waals surface area (Å²) in [5, 5.41) is 33.3. The molecule has 0 heterocycles. The zero-order valence-electron chi connectivity index (χ0n) is 38.7. The molecule has 5 heteroatoms. The van der Waals surface area contributed by atoms with E-state index >= 15 is 0 Å². The van der Waals surface area contributed by atoms with E-state index in [1.807, 2.05) is 6.08 Å². The van der Waals surface area contributed by atoms with Crippen LogP contribution in [0, 0.1) is 0 Å². The monoisotopic (exact) mass is 806 g/mol. The van der Waals surface area contributed by atoms with Crippen LogP contribution in [0.5, 0.6) is 0 Å². The molecule has 0 bridgehead atoms. The van der Waals surface area contributed by atoms with Crippen LogP contribution in [0.1, 0.15) is 290 Å². The van der Waals surface area contributed by atoms with E-state index in [2.05, 4.69) is 19.2 Å². The third-order valence-corrected chi connectivity index (χ3v) is 12.4. The predicted molar refractivity (Wildman–Crippen MR) is 250 cm³/mol. The highest BCUT2D eigenvalue weighted by atomic mass is 16.3. The number of hydrogen-bond acceptors (Lipinski definition) is 4. The van der Waals surface area contributed by atoms with Crippen LogP contribution in [0.15, 0.2) is 12.2 Å². The molecule has 0 aliphatic heterocycles. The Morgan fingerprint density at radius 3 is 0.965 bits per heavy atom. The molecule has 0 aliphatic rings.